The molecule has 2 aromatic carbocycles. The van der Waals surface area contributed by atoms with Crippen LogP contribution in [-0.2, 0) is 14.3 Å². The Labute approximate surface area is 165 Å². The Bertz CT molecular complexity index is 963. The largest absolute Gasteiger partial charge is 0.451 e. The monoisotopic (exact) mass is 408 g/mol. The summed E-state index contributed by atoms with van der Waals surface area (Å²) in [6, 6.07) is 6.53. The van der Waals surface area contributed by atoms with Gasteiger partial charge in [-0.15, -0.1) is 0 Å². The van der Waals surface area contributed by atoms with Crippen LogP contribution in [0, 0.1) is 31.3 Å². The van der Waals surface area contributed by atoms with E-state index in [4.69, 9.17) is 4.74 Å². The number of carbonyl (C=O) groups excluding carboxylic acids is 3. The van der Waals surface area contributed by atoms with Gasteiger partial charge >= 0.3 is 5.97 Å². The zero-order valence-corrected chi connectivity index (χ0v) is 15.9. The molecule has 0 saturated carbocycles. The van der Waals surface area contributed by atoms with Crippen molar-refractivity contribution in [1.29, 1.82) is 0 Å². The number of aryl methyl sites for hydroxylation is 2. The number of halogens is 3. The summed E-state index contributed by atoms with van der Waals surface area (Å²) in [6.07, 6.45) is -1.37. The van der Waals surface area contributed by atoms with Gasteiger partial charge in [-0.05, 0) is 56.2 Å². The number of carbonyl (C=O) groups is 3. The topological polar surface area (TPSA) is 84.5 Å². The first kappa shape index (κ1) is 21.9. The van der Waals surface area contributed by atoms with Crippen molar-refractivity contribution in [3.05, 3.63) is 64.5 Å². The van der Waals surface area contributed by atoms with Gasteiger partial charge in [0.1, 0.15) is 6.54 Å². The van der Waals surface area contributed by atoms with Crippen molar-refractivity contribution in [3.8, 4) is 0 Å². The molecule has 2 N–H and O–H groups in total. The number of rotatable bonds is 6. The van der Waals surface area contributed by atoms with Crippen LogP contribution in [0.5, 0.6) is 0 Å². The molecule has 0 aliphatic heterocycles. The van der Waals surface area contributed by atoms with E-state index in [0.29, 0.717) is 11.6 Å². The molecule has 0 aliphatic rings. The first-order chi connectivity index (χ1) is 13.6. The van der Waals surface area contributed by atoms with E-state index in [1.165, 1.54) is 6.92 Å². The first-order valence-corrected chi connectivity index (χ1v) is 8.59. The van der Waals surface area contributed by atoms with Crippen LogP contribution in [0.1, 0.15) is 28.4 Å². The summed E-state index contributed by atoms with van der Waals surface area (Å²) in [6.45, 7) is 4.45. The van der Waals surface area contributed by atoms with Gasteiger partial charge < -0.3 is 15.4 Å². The van der Waals surface area contributed by atoms with Crippen LogP contribution in [0.3, 0.4) is 0 Å². The van der Waals surface area contributed by atoms with E-state index < -0.39 is 53.6 Å². The number of anilines is 1. The molecule has 0 fully saturated rings. The fourth-order valence-electron chi connectivity index (χ4n) is 2.29. The van der Waals surface area contributed by atoms with Gasteiger partial charge in [0, 0.05) is 5.56 Å². The summed E-state index contributed by atoms with van der Waals surface area (Å²) in [7, 11) is 0. The lowest BCUT2D eigenvalue weighted by molar-refractivity contribution is -0.152. The smallest absolute Gasteiger partial charge is 0.326 e. The highest BCUT2D eigenvalue weighted by Crippen LogP contribution is 2.20. The average molecular weight is 408 g/mol. The molecule has 2 amide bonds. The first-order valence-electron chi connectivity index (χ1n) is 8.59. The van der Waals surface area contributed by atoms with Gasteiger partial charge in [-0.3, -0.25) is 14.4 Å². The number of nitrogens with one attached hydrogen (secondary N) is 2. The number of ether oxygens (including phenoxy) is 1. The minimum atomic E-state index is -1.73. The van der Waals surface area contributed by atoms with Crippen molar-refractivity contribution < 1.29 is 32.3 Å². The minimum Gasteiger partial charge on any atom is -0.451 e. The van der Waals surface area contributed by atoms with Crippen LogP contribution in [0.2, 0.25) is 0 Å². The summed E-state index contributed by atoms with van der Waals surface area (Å²) in [5.74, 6) is -7.07. The normalized spacial score (nSPS) is 11.5. The maximum Gasteiger partial charge on any atom is 0.326 e. The third kappa shape index (κ3) is 5.56. The molecule has 6 nitrogen and oxygen atoms in total. The minimum absolute atomic E-state index is 0.362. The van der Waals surface area contributed by atoms with Crippen molar-refractivity contribution in [2.75, 3.05) is 11.9 Å². The predicted octanol–water partition coefficient (Wildman–Crippen LogP) is 3.02. The van der Waals surface area contributed by atoms with E-state index in [1.54, 1.807) is 18.2 Å². The molecule has 1 atom stereocenters. The summed E-state index contributed by atoms with van der Waals surface area (Å²) in [5.41, 5.74) is 1.69. The zero-order chi connectivity index (χ0) is 21.7. The Hall–Kier alpha value is -3.36. The third-order valence-electron chi connectivity index (χ3n) is 4.13. The second-order valence-electron chi connectivity index (χ2n) is 6.33. The fourth-order valence-corrected chi connectivity index (χ4v) is 2.29. The molecule has 0 aliphatic carbocycles. The molecular formula is C20H19F3N2O4. The van der Waals surface area contributed by atoms with Crippen LogP contribution >= 0.6 is 0 Å². The molecular weight excluding hydrogens is 389 g/mol. The van der Waals surface area contributed by atoms with Crippen molar-refractivity contribution in [3.63, 3.8) is 0 Å². The lowest BCUT2D eigenvalue weighted by atomic mass is 10.1. The van der Waals surface area contributed by atoms with Crippen molar-refractivity contribution in [2.45, 2.75) is 26.9 Å². The van der Waals surface area contributed by atoms with Gasteiger partial charge in [0.15, 0.2) is 23.6 Å². The number of esters is 1. The highest BCUT2D eigenvalue weighted by molar-refractivity contribution is 5.97. The molecule has 0 spiro atoms. The second kappa shape index (κ2) is 9.22. The molecule has 2 aromatic rings. The van der Waals surface area contributed by atoms with Gasteiger partial charge in [-0.25, -0.2) is 13.2 Å². The molecule has 2 rings (SSSR count). The number of amides is 2. The average Bonchev–Trinajstić information content (AvgIpc) is 2.68. The van der Waals surface area contributed by atoms with E-state index in [0.717, 1.165) is 17.2 Å². The molecule has 0 aromatic heterocycles. The molecule has 29 heavy (non-hydrogen) atoms. The summed E-state index contributed by atoms with van der Waals surface area (Å²) < 4.78 is 44.5. The fraction of sp³-hybridized carbons (Fsp3) is 0.250. The SMILES string of the molecule is Cc1ccc(C(=O)NCC(=O)O[C@@H](C)C(=O)Nc2ccc(F)c(F)c2F)cc1C. The Morgan fingerprint density at radius 1 is 1.00 bits per heavy atom. The van der Waals surface area contributed by atoms with Crippen molar-refractivity contribution in [2.24, 2.45) is 0 Å². The van der Waals surface area contributed by atoms with Crippen LogP contribution in [0.25, 0.3) is 0 Å². The summed E-state index contributed by atoms with van der Waals surface area (Å²) in [5, 5.41) is 4.37. The Kier molecular flexibility index (Phi) is 6.98. The van der Waals surface area contributed by atoms with E-state index in [2.05, 4.69) is 5.32 Å². The van der Waals surface area contributed by atoms with Crippen LogP contribution < -0.4 is 10.6 Å². The Morgan fingerprint density at radius 2 is 1.69 bits per heavy atom. The molecule has 0 radical (unpaired) electrons. The van der Waals surface area contributed by atoms with Crippen molar-refractivity contribution in [1.82, 2.24) is 5.32 Å². The number of hydrogen-bond donors (Lipinski definition) is 2. The van der Waals surface area contributed by atoms with E-state index in [1.807, 2.05) is 19.2 Å². The van der Waals surface area contributed by atoms with Gasteiger partial charge in [0.05, 0.1) is 5.69 Å². The number of hydrogen-bond acceptors (Lipinski definition) is 4. The molecule has 0 bridgehead atoms. The standard InChI is InChI=1S/C20H19F3N2O4/c1-10-4-5-13(8-11(10)2)20(28)24-9-16(26)29-12(3)19(27)25-15-7-6-14(21)17(22)18(15)23/h4-8,12H,9H2,1-3H3,(H,24,28)(H,25,27)/t12-/m0/s1. The summed E-state index contributed by atoms with van der Waals surface area (Å²) >= 11 is 0. The summed E-state index contributed by atoms with van der Waals surface area (Å²) in [4.78, 5) is 35.9. The highest BCUT2D eigenvalue weighted by atomic mass is 19.2. The van der Waals surface area contributed by atoms with Gasteiger partial charge in [0.2, 0.25) is 0 Å². The molecule has 0 unspecified atom stereocenters. The molecule has 154 valence electrons. The Morgan fingerprint density at radius 3 is 2.34 bits per heavy atom. The molecule has 9 heteroatoms. The van der Waals surface area contributed by atoms with Gasteiger partial charge in [-0.2, -0.15) is 0 Å². The quantitative estimate of drug-likeness (QED) is 0.569. The molecule has 0 heterocycles. The zero-order valence-electron chi connectivity index (χ0n) is 15.9. The maximum absolute atomic E-state index is 13.6. The Balaban J connectivity index is 1.88. The maximum atomic E-state index is 13.6. The highest BCUT2D eigenvalue weighted by Gasteiger charge is 2.21. The van der Waals surface area contributed by atoms with E-state index in [-0.39, 0.29) is 0 Å². The van der Waals surface area contributed by atoms with Crippen LogP contribution in [-0.4, -0.2) is 30.4 Å². The lowest BCUT2D eigenvalue weighted by Gasteiger charge is -2.14. The van der Waals surface area contributed by atoms with Crippen LogP contribution in [0.4, 0.5) is 18.9 Å². The van der Waals surface area contributed by atoms with Crippen LogP contribution in [0.15, 0.2) is 30.3 Å². The van der Waals surface area contributed by atoms with E-state index in [9.17, 15) is 27.6 Å². The van der Waals surface area contributed by atoms with Crippen molar-refractivity contribution >= 4 is 23.5 Å². The van der Waals surface area contributed by atoms with Gasteiger partial charge in [-0.1, -0.05) is 6.07 Å². The lowest BCUT2D eigenvalue weighted by Crippen LogP contribution is -2.36. The third-order valence-corrected chi connectivity index (χ3v) is 4.13. The molecule has 0 saturated heterocycles. The van der Waals surface area contributed by atoms with Gasteiger partial charge in [0.25, 0.3) is 11.8 Å². The number of benzene rings is 2. The van der Waals surface area contributed by atoms with E-state index >= 15 is 0 Å². The second-order valence-corrected chi connectivity index (χ2v) is 6.33. The predicted molar refractivity (Wildman–Crippen MR) is 98.7 cm³/mol.